The van der Waals surface area contributed by atoms with Crippen LogP contribution < -0.4 is 16.0 Å². The number of carbonyl (C=O) groups is 2. The van der Waals surface area contributed by atoms with Crippen molar-refractivity contribution in [2.75, 3.05) is 32.8 Å². The van der Waals surface area contributed by atoms with Gasteiger partial charge in [-0.15, -0.1) is 0 Å². The van der Waals surface area contributed by atoms with Gasteiger partial charge in [0.15, 0.2) is 5.69 Å². The largest absolute Gasteiger partial charge is 0.494 e. The minimum absolute atomic E-state index is 0.216. The summed E-state index contributed by atoms with van der Waals surface area (Å²) in [6.07, 6.45) is 4.26. The van der Waals surface area contributed by atoms with Gasteiger partial charge in [0.2, 0.25) is 5.91 Å². The van der Waals surface area contributed by atoms with E-state index in [0.717, 1.165) is 25.9 Å². The molecule has 194 valence electrons. The SMILES string of the molecule is CCOc1ccc(-n2nc(C(=O)N3CCC(C(N)=O)(N4CCCCC4)CC3)c3ccccc3c2=O)cc1. The highest BCUT2D eigenvalue weighted by Gasteiger charge is 2.46. The minimum Gasteiger partial charge on any atom is -0.494 e. The number of hydrogen-bond acceptors (Lipinski definition) is 6. The third kappa shape index (κ3) is 4.59. The van der Waals surface area contributed by atoms with Crippen molar-refractivity contribution in [2.24, 2.45) is 5.73 Å². The Balaban J connectivity index is 1.47. The van der Waals surface area contributed by atoms with E-state index in [1.54, 1.807) is 53.4 Å². The van der Waals surface area contributed by atoms with Gasteiger partial charge in [0.05, 0.1) is 17.7 Å². The number of likely N-dealkylation sites (tertiary alicyclic amines) is 2. The standard InChI is InChI=1S/C28H33N5O4/c1-2-37-21-12-10-20(11-13-21)33-25(34)23-9-5-4-8-22(23)24(30-33)26(35)31-18-14-28(15-19-31,27(29)36)32-16-6-3-7-17-32/h4-5,8-13H,2-3,6-7,14-19H2,1H3,(H2,29,36). The van der Waals surface area contributed by atoms with E-state index < -0.39 is 5.54 Å². The molecule has 0 bridgehead atoms. The van der Waals surface area contributed by atoms with Crippen LogP contribution in [-0.4, -0.2) is 69.7 Å². The molecule has 2 aromatic carbocycles. The maximum absolute atomic E-state index is 13.8. The van der Waals surface area contributed by atoms with Crippen LogP contribution in [-0.2, 0) is 4.79 Å². The average molecular weight is 504 g/mol. The maximum atomic E-state index is 13.8. The molecule has 37 heavy (non-hydrogen) atoms. The van der Waals surface area contributed by atoms with Gasteiger partial charge >= 0.3 is 0 Å². The van der Waals surface area contributed by atoms with Crippen LogP contribution in [0, 0.1) is 0 Å². The maximum Gasteiger partial charge on any atom is 0.279 e. The fourth-order valence-corrected chi connectivity index (χ4v) is 5.64. The number of benzene rings is 2. The number of amides is 2. The first kappa shape index (κ1) is 25.0. The van der Waals surface area contributed by atoms with Crippen LogP contribution in [0.3, 0.4) is 0 Å². The van der Waals surface area contributed by atoms with E-state index in [9.17, 15) is 14.4 Å². The van der Waals surface area contributed by atoms with Gasteiger partial charge < -0.3 is 15.4 Å². The zero-order valence-electron chi connectivity index (χ0n) is 21.2. The topological polar surface area (TPSA) is 111 Å². The summed E-state index contributed by atoms with van der Waals surface area (Å²) in [6, 6.07) is 14.1. The summed E-state index contributed by atoms with van der Waals surface area (Å²) in [4.78, 5) is 43.7. The molecule has 1 aromatic heterocycles. The highest BCUT2D eigenvalue weighted by atomic mass is 16.5. The van der Waals surface area contributed by atoms with Gasteiger partial charge in [-0.05, 0) is 76.0 Å². The monoisotopic (exact) mass is 503 g/mol. The summed E-state index contributed by atoms with van der Waals surface area (Å²) in [5, 5.41) is 5.49. The molecule has 0 saturated carbocycles. The van der Waals surface area contributed by atoms with Gasteiger partial charge in [0.1, 0.15) is 11.3 Å². The normalized spacial score (nSPS) is 18.0. The molecule has 2 fully saturated rings. The van der Waals surface area contributed by atoms with E-state index >= 15 is 0 Å². The van der Waals surface area contributed by atoms with E-state index in [1.807, 2.05) is 6.92 Å². The van der Waals surface area contributed by atoms with Crippen LogP contribution in [0.2, 0.25) is 0 Å². The number of nitrogens with zero attached hydrogens (tertiary/aromatic N) is 4. The van der Waals surface area contributed by atoms with Crippen LogP contribution in [0.1, 0.15) is 49.5 Å². The first-order chi connectivity index (χ1) is 17.9. The van der Waals surface area contributed by atoms with Crippen molar-refractivity contribution in [3.63, 3.8) is 0 Å². The lowest BCUT2D eigenvalue weighted by Gasteiger charge is -2.48. The van der Waals surface area contributed by atoms with Crippen molar-refractivity contribution in [1.82, 2.24) is 19.6 Å². The van der Waals surface area contributed by atoms with Crippen molar-refractivity contribution in [1.29, 1.82) is 0 Å². The molecule has 0 unspecified atom stereocenters. The number of nitrogens with two attached hydrogens (primary N) is 1. The molecule has 0 spiro atoms. The quantitative estimate of drug-likeness (QED) is 0.554. The minimum atomic E-state index is -0.714. The number of aromatic nitrogens is 2. The number of piperidine rings is 2. The van der Waals surface area contributed by atoms with Gasteiger partial charge in [0.25, 0.3) is 11.5 Å². The molecule has 2 aliphatic heterocycles. The van der Waals surface area contributed by atoms with E-state index in [-0.39, 0.29) is 23.1 Å². The highest BCUT2D eigenvalue weighted by molar-refractivity contribution is 6.05. The third-order valence-corrected chi connectivity index (χ3v) is 7.70. The number of ether oxygens (including phenoxy) is 1. The highest BCUT2D eigenvalue weighted by Crippen LogP contribution is 2.32. The Labute approximate surface area is 215 Å². The number of hydrogen-bond donors (Lipinski definition) is 1. The summed E-state index contributed by atoms with van der Waals surface area (Å²) in [6.45, 7) is 4.96. The van der Waals surface area contributed by atoms with E-state index in [2.05, 4.69) is 10.00 Å². The van der Waals surface area contributed by atoms with Crippen LogP contribution in [0.4, 0.5) is 0 Å². The number of carbonyl (C=O) groups excluding carboxylic acids is 2. The molecule has 0 radical (unpaired) electrons. The number of fused-ring (bicyclic) bond motifs is 1. The Morgan fingerprint density at radius 2 is 1.59 bits per heavy atom. The van der Waals surface area contributed by atoms with Gasteiger partial charge in [-0.1, -0.05) is 24.6 Å². The van der Waals surface area contributed by atoms with Crippen molar-refractivity contribution in [3.05, 3.63) is 64.6 Å². The smallest absolute Gasteiger partial charge is 0.279 e. The number of rotatable bonds is 6. The van der Waals surface area contributed by atoms with Crippen LogP contribution in [0.15, 0.2) is 53.3 Å². The van der Waals surface area contributed by atoms with E-state index in [1.165, 1.54) is 11.1 Å². The van der Waals surface area contributed by atoms with Crippen LogP contribution >= 0.6 is 0 Å². The Morgan fingerprint density at radius 3 is 2.22 bits per heavy atom. The Kier molecular flexibility index (Phi) is 6.97. The van der Waals surface area contributed by atoms with Crippen molar-refractivity contribution >= 4 is 22.6 Å². The van der Waals surface area contributed by atoms with Crippen molar-refractivity contribution < 1.29 is 14.3 Å². The zero-order valence-corrected chi connectivity index (χ0v) is 21.2. The molecule has 2 amide bonds. The van der Waals surface area contributed by atoms with Crippen LogP contribution in [0.5, 0.6) is 5.75 Å². The first-order valence-electron chi connectivity index (χ1n) is 13.0. The second-order valence-corrected chi connectivity index (χ2v) is 9.77. The molecule has 2 saturated heterocycles. The van der Waals surface area contributed by atoms with Gasteiger partial charge in [0, 0.05) is 18.5 Å². The Hall–Kier alpha value is -3.72. The van der Waals surface area contributed by atoms with Crippen molar-refractivity contribution in [3.8, 4) is 11.4 Å². The van der Waals surface area contributed by atoms with E-state index in [4.69, 9.17) is 10.5 Å². The molecule has 2 aliphatic rings. The fourth-order valence-electron chi connectivity index (χ4n) is 5.64. The summed E-state index contributed by atoms with van der Waals surface area (Å²) in [7, 11) is 0. The van der Waals surface area contributed by atoms with Crippen LogP contribution in [0.25, 0.3) is 16.5 Å². The molecule has 9 heteroatoms. The molecular weight excluding hydrogens is 470 g/mol. The van der Waals surface area contributed by atoms with E-state index in [0.29, 0.717) is 54.7 Å². The first-order valence-corrected chi connectivity index (χ1v) is 13.0. The third-order valence-electron chi connectivity index (χ3n) is 7.70. The van der Waals surface area contributed by atoms with Gasteiger partial charge in [-0.25, -0.2) is 0 Å². The van der Waals surface area contributed by atoms with Crippen molar-refractivity contribution in [2.45, 2.75) is 44.6 Å². The van der Waals surface area contributed by atoms with Gasteiger partial charge in [-0.2, -0.15) is 9.78 Å². The van der Waals surface area contributed by atoms with Gasteiger partial charge in [-0.3, -0.25) is 19.3 Å². The molecular formula is C28H33N5O4. The second-order valence-electron chi connectivity index (χ2n) is 9.77. The molecule has 0 atom stereocenters. The molecule has 3 aromatic rings. The molecule has 9 nitrogen and oxygen atoms in total. The summed E-state index contributed by atoms with van der Waals surface area (Å²) in [5.41, 5.74) is 5.68. The lowest BCUT2D eigenvalue weighted by atomic mass is 9.83. The molecule has 2 N–H and O–H groups in total. The Bertz CT molecular complexity index is 1350. The second kappa shape index (κ2) is 10.3. The average Bonchev–Trinajstić information content (AvgIpc) is 2.94. The number of primary amides is 1. The summed E-state index contributed by atoms with van der Waals surface area (Å²) < 4.78 is 6.79. The molecule has 0 aliphatic carbocycles. The zero-order chi connectivity index (χ0) is 26.0. The lowest BCUT2D eigenvalue weighted by Crippen LogP contribution is -2.63. The summed E-state index contributed by atoms with van der Waals surface area (Å²) >= 11 is 0. The summed E-state index contributed by atoms with van der Waals surface area (Å²) in [5.74, 6) is 0.123. The fraction of sp³-hybridized carbons (Fsp3) is 0.429. The Morgan fingerprint density at radius 1 is 0.946 bits per heavy atom. The molecule has 3 heterocycles. The lowest BCUT2D eigenvalue weighted by molar-refractivity contribution is -0.134. The predicted octanol–water partition coefficient (Wildman–Crippen LogP) is 2.73. The predicted molar refractivity (Wildman–Crippen MR) is 141 cm³/mol. The molecule has 5 rings (SSSR count).